The molecule has 2 rings (SSSR count). The zero-order chi connectivity index (χ0) is 14.7. The van der Waals surface area contributed by atoms with Gasteiger partial charge in [-0.3, -0.25) is 4.79 Å². The lowest BCUT2D eigenvalue weighted by Gasteiger charge is -2.33. The summed E-state index contributed by atoms with van der Waals surface area (Å²) in [5.41, 5.74) is 0.921. The fourth-order valence-corrected chi connectivity index (χ4v) is 2.86. The van der Waals surface area contributed by atoms with Crippen LogP contribution in [0.25, 0.3) is 0 Å². The van der Waals surface area contributed by atoms with Crippen LogP contribution in [0.15, 0.2) is 18.2 Å². The van der Waals surface area contributed by atoms with E-state index in [2.05, 4.69) is 0 Å². The highest BCUT2D eigenvalue weighted by Crippen LogP contribution is 2.28. The Morgan fingerprint density at radius 1 is 1.35 bits per heavy atom. The van der Waals surface area contributed by atoms with E-state index >= 15 is 0 Å². The van der Waals surface area contributed by atoms with Crippen LogP contribution in [-0.2, 0) is 9.53 Å². The molecule has 0 saturated carbocycles. The minimum Gasteiger partial charge on any atom is -0.370 e. The number of hydrogen-bond acceptors (Lipinski definition) is 2. The molecule has 0 spiro atoms. The molecule has 1 aliphatic rings. The van der Waals surface area contributed by atoms with Gasteiger partial charge >= 0.3 is 0 Å². The fraction of sp³-hybridized carbons (Fsp3) is 0.533. The molecular weight excluding hydrogens is 297 g/mol. The van der Waals surface area contributed by atoms with Crippen LogP contribution in [0.1, 0.15) is 31.9 Å². The highest BCUT2D eigenvalue weighted by Gasteiger charge is 2.26. The van der Waals surface area contributed by atoms with Crippen molar-refractivity contribution in [2.75, 3.05) is 19.7 Å². The monoisotopic (exact) mass is 315 g/mol. The van der Waals surface area contributed by atoms with Gasteiger partial charge in [-0.05, 0) is 29.7 Å². The van der Waals surface area contributed by atoms with Gasteiger partial charge in [-0.25, -0.2) is 0 Å². The third-order valence-electron chi connectivity index (χ3n) is 3.26. The first kappa shape index (κ1) is 15.6. The van der Waals surface area contributed by atoms with E-state index in [0.717, 1.165) is 5.56 Å². The van der Waals surface area contributed by atoms with E-state index in [1.54, 1.807) is 6.07 Å². The van der Waals surface area contributed by atoms with Gasteiger partial charge in [0.05, 0.1) is 13.2 Å². The van der Waals surface area contributed by atoms with E-state index in [4.69, 9.17) is 27.9 Å². The summed E-state index contributed by atoms with van der Waals surface area (Å²) in [7, 11) is 0. The number of carbonyl (C=O) groups is 1. The van der Waals surface area contributed by atoms with Gasteiger partial charge in [0.2, 0.25) is 5.91 Å². The second kappa shape index (κ2) is 6.79. The van der Waals surface area contributed by atoms with Crippen molar-refractivity contribution in [2.45, 2.75) is 26.4 Å². The molecule has 110 valence electrons. The molecule has 0 aromatic heterocycles. The number of nitrogens with zero attached hydrogens (tertiary/aromatic N) is 1. The molecular formula is C15H19Cl2NO2. The zero-order valence-corrected chi connectivity index (χ0v) is 13.2. The highest BCUT2D eigenvalue weighted by molar-refractivity contribution is 6.34. The molecule has 0 N–H and O–H groups in total. The Labute approximate surface area is 129 Å². The van der Waals surface area contributed by atoms with Crippen molar-refractivity contribution in [1.82, 2.24) is 4.90 Å². The van der Waals surface area contributed by atoms with Crippen molar-refractivity contribution in [1.29, 1.82) is 0 Å². The summed E-state index contributed by atoms with van der Waals surface area (Å²) < 4.78 is 5.75. The van der Waals surface area contributed by atoms with Gasteiger partial charge in [-0.15, -0.1) is 0 Å². The van der Waals surface area contributed by atoms with E-state index in [1.807, 2.05) is 30.9 Å². The summed E-state index contributed by atoms with van der Waals surface area (Å²) in [6.07, 6.45) is 0.416. The first-order chi connectivity index (χ1) is 9.45. The number of benzene rings is 1. The molecule has 1 aromatic carbocycles. The van der Waals surface area contributed by atoms with Crippen molar-refractivity contribution in [3.63, 3.8) is 0 Å². The number of ether oxygens (including phenoxy) is 1. The van der Waals surface area contributed by atoms with Crippen molar-refractivity contribution in [3.05, 3.63) is 33.8 Å². The molecule has 5 heteroatoms. The molecule has 20 heavy (non-hydrogen) atoms. The Morgan fingerprint density at radius 2 is 2.00 bits per heavy atom. The predicted octanol–water partition coefficient (Wildman–Crippen LogP) is 3.94. The molecule has 1 aromatic rings. The Bertz CT molecular complexity index is 471. The lowest BCUT2D eigenvalue weighted by molar-refractivity contribution is -0.139. The number of carbonyl (C=O) groups excluding carboxylic acids is 1. The average Bonchev–Trinajstić information content (AvgIpc) is 2.37. The molecule has 1 heterocycles. The van der Waals surface area contributed by atoms with Crippen LogP contribution in [0.4, 0.5) is 0 Å². The van der Waals surface area contributed by atoms with Crippen LogP contribution in [0.3, 0.4) is 0 Å². The van der Waals surface area contributed by atoms with Crippen LogP contribution in [0, 0.1) is 5.92 Å². The van der Waals surface area contributed by atoms with Gasteiger partial charge in [0.1, 0.15) is 6.10 Å². The Kier molecular flexibility index (Phi) is 5.30. The second-order valence-electron chi connectivity index (χ2n) is 5.50. The van der Waals surface area contributed by atoms with Gasteiger partial charge in [0.15, 0.2) is 0 Å². The summed E-state index contributed by atoms with van der Waals surface area (Å²) in [6, 6.07) is 5.38. The van der Waals surface area contributed by atoms with Crippen LogP contribution in [-0.4, -0.2) is 30.5 Å². The van der Waals surface area contributed by atoms with Crippen molar-refractivity contribution >= 4 is 29.1 Å². The number of rotatable bonds is 3. The van der Waals surface area contributed by atoms with Crippen LogP contribution in [0.2, 0.25) is 10.0 Å². The maximum atomic E-state index is 12.1. The number of amides is 1. The maximum absolute atomic E-state index is 12.1. The molecule has 0 aliphatic carbocycles. The van der Waals surface area contributed by atoms with Gasteiger partial charge < -0.3 is 9.64 Å². The third kappa shape index (κ3) is 4.11. The topological polar surface area (TPSA) is 29.5 Å². The first-order valence-electron chi connectivity index (χ1n) is 6.81. The van der Waals surface area contributed by atoms with Crippen LogP contribution < -0.4 is 0 Å². The molecule has 3 nitrogen and oxygen atoms in total. The van der Waals surface area contributed by atoms with Crippen LogP contribution in [0.5, 0.6) is 0 Å². The molecule has 0 radical (unpaired) electrons. The lowest BCUT2D eigenvalue weighted by Crippen LogP contribution is -2.42. The summed E-state index contributed by atoms with van der Waals surface area (Å²) in [4.78, 5) is 14.0. The molecule has 1 aliphatic heterocycles. The molecule has 1 saturated heterocycles. The van der Waals surface area contributed by atoms with Crippen molar-refractivity contribution in [3.8, 4) is 0 Å². The Hall–Kier alpha value is -0.770. The highest BCUT2D eigenvalue weighted by atomic mass is 35.5. The van der Waals surface area contributed by atoms with E-state index in [-0.39, 0.29) is 12.0 Å². The minimum absolute atomic E-state index is 0.156. The quantitative estimate of drug-likeness (QED) is 0.845. The van der Waals surface area contributed by atoms with Gasteiger partial charge in [0.25, 0.3) is 0 Å². The number of morpholine rings is 1. The van der Waals surface area contributed by atoms with Crippen molar-refractivity contribution in [2.24, 2.45) is 5.92 Å². The lowest BCUT2D eigenvalue weighted by atomic mass is 10.1. The fourth-order valence-electron chi connectivity index (χ4n) is 2.32. The zero-order valence-electron chi connectivity index (χ0n) is 11.7. The Morgan fingerprint density at radius 3 is 2.60 bits per heavy atom. The van der Waals surface area contributed by atoms with Crippen LogP contribution >= 0.6 is 23.2 Å². The molecule has 1 fully saturated rings. The van der Waals surface area contributed by atoms with E-state index in [0.29, 0.717) is 42.1 Å². The normalized spacial score (nSPS) is 19.4. The second-order valence-corrected chi connectivity index (χ2v) is 6.37. The predicted molar refractivity (Wildman–Crippen MR) is 81.2 cm³/mol. The maximum Gasteiger partial charge on any atom is 0.223 e. The summed E-state index contributed by atoms with van der Waals surface area (Å²) in [5, 5.41) is 1.17. The van der Waals surface area contributed by atoms with E-state index in [1.165, 1.54) is 0 Å². The largest absolute Gasteiger partial charge is 0.370 e. The third-order valence-corrected chi connectivity index (χ3v) is 3.70. The molecule has 1 amide bonds. The summed E-state index contributed by atoms with van der Waals surface area (Å²) >= 11 is 12.0. The van der Waals surface area contributed by atoms with E-state index < -0.39 is 0 Å². The smallest absolute Gasteiger partial charge is 0.223 e. The molecule has 0 bridgehead atoms. The molecule has 1 atom stereocenters. The average molecular weight is 316 g/mol. The summed E-state index contributed by atoms with van der Waals surface area (Å²) in [5.74, 6) is 0.547. The number of halogens is 2. The minimum atomic E-state index is -0.156. The SMILES string of the molecule is CC(C)CC(=O)N1CCOC(c2cc(Cl)cc(Cl)c2)C1. The van der Waals surface area contributed by atoms with Gasteiger partial charge in [-0.1, -0.05) is 37.0 Å². The van der Waals surface area contributed by atoms with E-state index in [9.17, 15) is 4.79 Å². The first-order valence-corrected chi connectivity index (χ1v) is 7.56. The molecule has 1 unspecified atom stereocenters. The van der Waals surface area contributed by atoms with Gasteiger partial charge in [0, 0.05) is 23.0 Å². The summed E-state index contributed by atoms with van der Waals surface area (Å²) in [6.45, 7) is 5.84. The van der Waals surface area contributed by atoms with Gasteiger partial charge in [-0.2, -0.15) is 0 Å². The standard InChI is InChI=1S/C15H19Cl2NO2/c1-10(2)5-15(19)18-3-4-20-14(9-18)11-6-12(16)8-13(17)7-11/h6-8,10,14H,3-5,9H2,1-2H3. The Balaban J connectivity index is 2.08. The van der Waals surface area contributed by atoms with Crippen molar-refractivity contribution < 1.29 is 9.53 Å². The number of hydrogen-bond donors (Lipinski definition) is 0.